The number of hydrogen-bond acceptors (Lipinski definition) is 3. The van der Waals surface area contributed by atoms with Crippen LogP contribution in [0.15, 0.2) is 22.8 Å². The molecular formula is C12H20ClO5P. The van der Waals surface area contributed by atoms with Gasteiger partial charge in [-0.3, -0.25) is 4.52 Å². The monoisotopic (exact) mass is 310 g/mol. The van der Waals surface area contributed by atoms with Gasteiger partial charge in [-0.25, -0.2) is 4.57 Å². The van der Waals surface area contributed by atoms with E-state index in [0.29, 0.717) is 6.42 Å². The van der Waals surface area contributed by atoms with E-state index in [0.717, 1.165) is 23.4 Å². The Morgan fingerprint density at radius 1 is 1.58 bits per heavy atom. The maximum absolute atomic E-state index is 10.6. The quantitative estimate of drug-likeness (QED) is 0.629. The van der Waals surface area contributed by atoms with Crippen LogP contribution in [0, 0.1) is 11.8 Å². The van der Waals surface area contributed by atoms with Crippen LogP contribution in [0.2, 0.25) is 0 Å². The molecule has 0 bridgehead atoms. The van der Waals surface area contributed by atoms with Gasteiger partial charge in [0, 0.05) is 17.6 Å². The van der Waals surface area contributed by atoms with Crippen LogP contribution in [0.4, 0.5) is 0 Å². The molecule has 1 aliphatic rings. The van der Waals surface area contributed by atoms with Gasteiger partial charge in [-0.2, -0.15) is 0 Å². The molecule has 1 aliphatic carbocycles. The van der Waals surface area contributed by atoms with E-state index in [1.165, 1.54) is 0 Å². The van der Waals surface area contributed by atoms with E-state index in [1.807, 2.05) is 13.0 Å². The van der Waals surface area contributed by atoms with Crippen molar-refractivity contribution in [3.05, 3.63) is 22.8 Å². The van der Waals surface area contributed by atoms with Crippen LogP contribution < -0.4 is 0 Å². The molecule has 0 saturated heterocycles. The molecule has 0 aromatic heterocycles. The first-order valence-corrected chi connectivity index (χ1v) is 8.07. The number of aliphatic hydroxyl groups excluding tert-OH is 1. The molecular weight excluding hydrogens is 291 g/mol. The summed E-state index contributed by atoms with van der Waals surface area (Å²) in [5.74, 6) is -0.0708. The van der Waals surface area contributed by atoms with Gasteiger partial charge >= 0.3 is 7.82 Å². The normalized spacial score (nSPS) is 21.8. The third-order valence-electron chi connectivity index (χ3n) is 3.14. The van der Waals surface area contributed by atoms with Gasteiger partial charge in [-0.1, -0.05) is 23.3 Å². The number of hydrogen-bond donors (Lipinski definition) is 3. The lowest BCUT2D eigenvalue weighted by molar-refractivity contribution is 0.122. The summed E-state index contributed by atoms with van der Waals surface area (Å²) in [6.07, 6.45) is 6.26. The molecule has 5 nitrogen and oxygen atoms in total. The summed E-state index contributed by atoms with van der Waals surface area (Å²) in [5, 5.41) is 9.97. The minimum atomic E-state index is -4.47. The second kappa shape index (κ2) is 7.58. The lowest BCUT2D eigenvalue weighted by atomic mass is 9.90. The Hall–Kier alpha value is -0.160. The Kier molecular flexibility index (Phi) is 6.74. The highest BCUT2D eigenvalue weighted by Crippen LogP contribution is 2.37. The largest absolute Gasteiger partial charge is 0.469 e. The Bertz CT molecular complexity index is 401. The fourth-order valence-electron chi connectivity index (χ4n) is 1.96. The molecule has 2 atom stereocenters. The summed E-state index contributed by atoms with van der Waals surface area (Å²) in [5.41, 5.74) is 1.14. The summed E-state index contributed by atoms with van der Waals surface area (Å²) in [6.45, 7) is 1.68. The van der Waals surface area contributed by atoms with Gasteiger partial charge in [-0.15, -0.1) is 0 Å². The second-order valence-electron chi connectivity index (χ2n) is 4.82. The second-order valence-corrected chi connectivity index (χ2v) is 6.50. The molecule has 3 N–H and O–H groups in total. The first-order valence-electron chi connectivity index (χ1n) is 6.16. The van der Waals surface area contributed by atoms with Gasteiger partial charge in [0.05, 0.1) is 6.61 Å². The van der Waals surface area contributed by atoms with Crippen molar-refractivity contribution in [2.75, 3.05) is 13.2 Å². The summed E-state index contributed by atoms with van der Waals surface area (Å²) in [4.78, 5) is 17.2. The minimum Gasteiger partial charge on any atom is -0.396 e. The lowest BCUT2D eigenvalue weighted by Gasteiger charge is -2.21. The Labute approximate surface area is 118 Å². The van der Waals surface area contributed by atoms with E-state index in [4.69, 9.17) is 26.5 Å². The third kappa shape index (κ3) is 6.70. The zero-order valence-electron chi connectivity index (χ0n) is 10.8. The highest BCUT2D eigenvalue weighted by Gasteiger charge is 2.21. The molecule has 19 heavy (non-hydrogen) atoms. The van der Waals surface area contributed by atoms with Crippen LogP contribution >= 0.6 is 19.4 Å². The van der Waals surface area contributed by atoms with Crippen molar-refractivity contribution in [2.45, 2.75) is 26.2 Å². The first kappa shape index (κ1) is 16.9. The van der Waals surface area contributed by atoms with Gasteiger partial charge in [0.1, 0.15) is 0 Å². The van der Waals surface area contributed by atoms with Crippen molar-refractivity contribution < 1.29 is 24.0 Å². The van der Waals surface area contributed by atoms with Crippen molar-refractivity contribution >= 4 is 19.4 Å². The van der Waals surface area contributed by atoms with Crippen LogP contribution in [0.5, 0.6) is 0 Å². The molecule has 0 saturated carbocycles. The predicted octanol–water partition coefficient (Wildman–Crippen LogP) is 2.57. The number of phosphoric acid groups is 1. The van der Waals surface area contributed by atoms with Gasteiger partial charge in [-0.05, 0) is 38.2 Å². The molecule has 0 spiro atoms. The number of halogens is 1. The minimum absolute atomic E-state index is 0.149. The van der Waals surface area contributed by atoms with E-state index in [-0.39, 0.29) is 25.0 Å². The third-order valence-corrected chi connectivity index (χ3v) is 4.04. The van der Waals surface area contributed by atoms with Crippen molar-refractivity contribution in [2.24, 2.45) is 11.8 Å². The summed E-state index contributed by atoms with van der Waals surface area (Å²) in [6, 6.07) is 0. The zero-order valence-corrected chi connectivity index (χ0v) is 12.5. The summed E-state index contributed by atoms with van der Waals surface area (Å²) >= 11 is 6.16. The predicted molar refractivity (Wildman–Crippen MR) is 73.6 cm³/mol. The van der Waals surface area contributed by atoms with E-state index >= 15 is 0 Å². The van der Waals surface area contributed by atoms with Crippen molar-refractivity contribution in [3.8, 4) is 0 Å². The van der Waals surface area contributed by atoms with Crippen molar-refractivity contribution in [1.82, 2.24) is 0 Å². The molecule has 0 heterocycles. The molecule has 110 valence electrons. The Morgan fingerprint density at radius 2 is 2.26 bits per heavy atom. The van der Waals surface area contributed by atoms with Crippen molar-refractivity contribution in [3.63, 3.8) is 0 Å². The molecule has 7 heteroatoms. The molecule has 0 aliphatic heterocycles. The fourth-order valence-corrected chi connectivity index (χ4v) is 2.73. The molecule has 1 unspecified atom stereocenters. The van der Waals surface area contributed by atoms with Gasteiger partial charge in [0.15, 0.2) is 0 Å². The van der Waals surface area contributed by atoms with E-state index in [1.54, 1.807) is 0 Å². The summed E-state index contributed by atoms with van der Waals surface area (Å²) in [7, 11) is -4.47. The highest BCUT2D eigenvalue weighted by atomic mass is 35.5. The molecule has 1 rings (SSSR count). The average Bonchev–Trinajstić information content (AvgIpc) is 2.30. The van der Waals surface area contributed by atoms with Crippen LogP contribution in [-0.4, -0.2) is 28.1 Å². The molecule has 0 fully saturated rings. The average molecular weight is 311 g/mol. The maximum Gasteiger partial charge on any atom is 0.469 e. The van der Waals surface area contributed by atoms with Crippen LogP contribution in [0.1, 0.15) is 26.2 Å². The fraction of sp³-hybridized carbons (Fsp3) is 0.667. The zero-order chi connectivity index (χ0) is 14.5. The number of phosphoric ester groups is 1. The van der Waals surface area contributed by atoms with E-state index in [2.05, 4.69) is 10.6 Å². The maximum atomic E-state index is 10.6. The SMILES string of the molecule is CC1=CC[C@H](CCC(CO)COP(=O)(O)O)C(Cl)=C1. The Morgan fingerprint density at radius 3 is 2.79 bits per heavy atom. The van der Waals surface area contributed by atoms with Gasteiger partial charge < -0.3 is 14.9 Å². The van der Waals surface area contributed by atoms with Gasteiger partial charge in [0.25, 0.3) is 0 Å². The first-order chi connectivity index (χ1) is 8.81. The van der Waals surface area contributed by atoms with Crippen molar-refractivity contribution in [1.29, 1.82) is 0 Å². The number of allylic oxidation sites excluding steroid dienone is 4. The van der Waals surface area contributed by atoms with Crippen LogP contribution in [0.3, 0.4) is 0 Å². The number of rotatable bonds is 7. The molecule has 0 radical (unpaired) electrons. The molecule has 0 aromatic rings. The van der Waals surface area contributed by atoms with E-state index in [9.17, 15) is 4.57 Å². The standard InChI is InChI=1S/C12H20ClO5P/c1-9-2-4-11(12(13)6-9)5-3-10(7-14)8-18-19(15,16)17/h2,6,10-11,14H,3-5,7-8H2,1H3,(H2,15,16,17)/t10?,11-/m1/s1. The summed E-state index contributed by atoms with van der Waals surface area (Å²) < 4.78 is 15.0. The Balaban J connectivity index is 2.38. The highest BCUT2D eigenvalue weighted by molar-refractivity contribution is 7.46. The van der Waals surface area contributed by atoms with E-state index < -0.39 is 7.82 Å². The molecule has 0 amide bonds. The van der Waals surface area contributed by atoms with Gasteiger partial charge in [0.2, 0.25) is 0 Å². The molecule has 0 aromatic carbocycles. The van der Waals surface area contributed by atoms with Crippen LogP contribution in [-0.2, 0) is 9.09 Å². The lowest BCUT2D eigenvalue weighted by Crippen LogP contribution is -2.15. The van der Waals surface area contributed by atoms with Crippen LogP contribution in [0.25, 0.3) is 0 Å². The smallest absolute Gasteiger partial charge is 0.396 e. The number of aliphatic hydroxyl groups is 1. The topological polar surface area (TPSA) is 87.0 Å².